The van der Waals surface area contributed by atoms with Crippen molar-refractivity contribution in [2.24, 2.45) is 0 Å². The van der Waals surface area contributed by atoms with Crippen molar-refractivity contribution in [3.8, 4) is 5.69 Å². The largest absolute Gasteiger partial charge is 0.349 e. The summed E-state index contributed by atoms with van der Waals surface area (Å²) >= 11 is 0. The monoisotopic (exact) mass is 264 g/mol. The maximum Gasteiger partial charge on any atom is 0.207 e. The molecule has 2 aromatic heterocycles. The molecule has 3 rings (SSSR count). The molecule has 0 aliphatic carbocycles. The zero-order chi connectivity index (χ0) is 13.8. The van der Waals surface area contributed by atoms with E-state index < -0.39 is 0 Å². The van der Waals surface area contributed by atoms with E-state index in [9.17, 15) is 0 Å². The molecule has 1 unspecified atom stereocenters. The van der Waals surface area contributed by atoms with Gasteiger partial charge in [0.2, 0.25) is 5.95 Å². The topological polar surface area (TPSA) is 42.7 Å². The van der Waals surface area contributed by atoms with Crippen molar-refractivity contribution in [2.45, 2.75) is 13.0 Å². The number of anilines is 1. The van der Waals surface area contributed by atoms with Crippen LogP contribution in [0.4, 0.5) is 5.95 Å². The minimum Gasteiger partial charge on any atom is -0.349 e. The minimum absolute atomic E-state index is 0.169. The van der Waals surface area contributed by atoms with Crippen LogP contribution in [0.2, 0.25) is 0 Å². The third-order valence-corrected chi connectivity index (χ3v) is 3.23. The summed E-state index contributed by atoms with van der Waals surface area (Å²) in [4.78, 5) is 8.44. The molecular formula is C16H16N4. The third-order valence-electron chi connectivity index (χ3n) is 3.23. The number of para-hydroxylation sites is 1. The van der Waals surface area contributed by atoms with E-state index in [0.717, 1.165) is 11.6 Å². The average Bonchev–Trinajstić information content (AvgIpc) is 2.97. The van der Waals surface area contributed by atoms with Crippen molar-refractivity contribution in [3.63, 3.8) is 0 Å². The first kappa shape index (κ1) is 12.4. The van der Waals surface area contributed by atoms with E-state index in [1.165, 1.54) is 5.56 Å². The Hall–Kier alpha value is -2.62. The molecule has 2 heterocycles. The van der Waals surface area contributed by atoms with Crippen LogP contribution in [0.5, 0.6) is 0 Å². The Labute approximate surface area is 118 Å². The van der Waals surface area contributed by atoms with Crippen molar-refractivity contribution in [2.75, 3.05) is 5.32 Å². The maximum atomic E-state index is 4.39. The maximum absolute atomic E-state index is 4.39. The van der Waals surface area contributed by atoms with Crippen LogP contribution in [-0.4, -0.2) is 14.5 Å². The molecule has 0 saturated carbocycles. The predicted molar refractivity (Wildman–Crippen MR) is 79.8 cm³/mol. The summed E-state index contributed by atoms with van der Waals surface area (Å²) in [5, 5.41) is 3.43. The van der Waals surface area contributed by atoms with Gasteiger partial charge < -0.3 is 5.32 Å². The fourth-order valence-corrected chi connectivity index (χ4v) is 2.14. The summed E-state index contributed by atoms with van der Waals surface area (Å²) in [6.07, 6.45) is 7.36. The van der Waals surface area contributed by atoms with Gasteiger partial charge in [0.25, 0.3) is 0 Å². The van der Waals surface area contributed by atoms with Crippen LogP contribution >= 0.6 is 0 Å². The highest BCUT2D eigenvalue weighted by molar-refractivity contribution is 5.43. The number of aromatic nitrogens is 3. The molecule has 4 nitrogen and oxygen atoms in total. The Morgan fingerprint density at radius 2 is 1.75 bits per heavy atom. The number of hydrogen-bond donors (Lipinski definition) is 1. The van der Waals surface area contributed by atoms with E-state index in [2.05, 4.69) is 34.3 Å². The lowest BCUT2D eigenvalue weighted by Crippen LogP contribution is -2.11. The van der Waals surface area contributed by atoms with Crippen molar-refractivity contribution in [1.29, 1.82) is 0 Å². The van der Waals surface area contributed by atoms with Crippen molar-refractivity contribution in [1.82, 2.24) is 14.5 Å². The first-order valence-electron chi connectivity index (χ1n) is 6.60. The number of pyridine rings is 1. The predicted octanol–water partition coefficient (Wildman–Crippen LogP) is 3.44. The molecule has 0 spiro atoms. The van der Waals surface area contributed by atoms with Gasteiger partial charge in [0.05, 0.1) is 6.04 Å². The molecule has 0 saturated heterocycles. The van der Waals surface area contributed by atoms with E-state index in [-0.39, 0.29) is 6.04 Å². The Balaban J connectivity index is 1.84. The average molecular weight is 264 g/mol. The molecule has 3 aromatic rings. The van der Waals surface area contributed by atoms with Gasteiger partial charge in [-0.1, -0.05) is 18.2 Å². The third kappa shape index (κ3) is 2.54. The molecule has 0 amide bonds. The molecule has 0 bridgehead atoms. The highest BCUT2D eigenvalue weighted by atomic mass is 15.2. The molecule has 0 aliphatic heterocycles. The van der Waals surface area contributed by atoms with Crippen LogP contribution in [0.15, 0.2) is 67.3 Å². The van der Waals surface area contributed by atoms with Gasteiger partial charge in [-0.15, -0.1) is 0 Å². The number of nitrogens with one attached hydrogen (secondary N) is 1. The van der Waals surface area contributed by atoms with Gasteiger partial charge in [-0.25, -0.2) is 4.98 Å². The summed E-state index contributed by atoms with van der Waals surface area (Å²) < 4.78 is 2.04. The number of hydrogen-bond acceptors (Lipinski definition) is 3. The van der Waals surface area contributed by atoms with Crippen molar-refractivity contribution < 1.29 is 0 Å². The van der Waals surface area contributed by atoms with Gasteiger partial charge in [-0.2, -0.15) is 0 Å². The molecule has 1 N–H and O–H groups in total. The van der Waals surface area contributed by atoms with Gasteiger partial charge in [0, 0.05) is 30.5 Å². The molecule has 1 aromatic carbocycles. The normalized spacial score (nSPS) is 12.1. The minimum atomic E-state index is 0.169. The Morgan fingerprint density at radius 1 is 1.00 bits per heavy atom. The molecule has 0 aliphatic rings. The highest BCUT2D eigenvalue weighted by Crippen LogP contribution is 2.20. The van der Waals surface area contributed by atoms with E-state index in [1.807, 2.05) is 41.1 Å². The van der Waals surface area contributed by atoms with Gasteiger partial charge in [-0.3, -0.25) is 9.55 Å². The van der Waals surface area contributed by atoms with Crippen LogP contribution in [0.25, 0.3) is 5.69 Å². The van der Waals surface area contributed by atoms with Crippen LogP contribution in [0, 0.1) is 0 Å². The number of nitrogens with zero attached hydrogens (tertiary/aromatic N) is 3. The van der Waals surface area contributed by atoms with E-state index in [0.29, 0.717) is 0 Å². The van der Waals surface area contributed by atoms with Crippen molar-refractivity contribution >= 4 is 5.95 Å². The standard InChI is InChI=1S/C16H16N4/c1-13(14-7-9-17-10-8-14)19-16-18-11-12-20(16)15-5-3-2-4-6-15/h2-13H,1H3,(H,18,19). The molecule has 100 valence electrons. The fourth-order valence-electron chi connectivity index (χ4n) is 2.14. The number of benzene rings is 1. The lowest BCUT2D eigenvalue weighted by molar-refractivity contribution is 0.848. The molecule has 0 fully saturated rings. The summed E-state index contributed by atoms with van der Waals surface area (Å²) in [6, 6.07) is 14.3. The summed E-state index contributed by atoms with van der Waals surface area (Å²) in [6.45, 7) is 2.11. The van der Waals surface area contributed by atoms with E-state index in [1.54, 1.807) is 18.6 Å². The number of rotatable bonds is 4. The Kier molecular flexibility index (Phi) is 3.46. The quantitative estimate of drug-likeness (QED) is 0.785. The van der Waals surface area contributed by atoms with Gasteiger partial charge in [0.15, 0.2) is 0 Å². The van der Waals surface area contributed by atoms with Crippen LogP contribution in [0.3, 0.4) is 0 Å². The summed E-state index contributed by atoms with van der Waals surface area (Å²) in [5.41, 5.74) is 2.28. The van der Waals surface area contributed by atoms with Gasteiger partial charge in [0.1, 0.15) is 0 Å². The first-order chi connectivity index (χ1) is 9.84. The second kappa shape index (κ2) is 5.57. The zero-order valence-electron chi connectivity index (χ0n) is 11.3. The number of imidazole rings is 1. The molecular weight excluding hydrogens is 248 g/mol. The second-order valence-corrected chi connectivity index (χ2v) is 4.60. The zero-order valence-corrected chi connectivity index (χ0v) is 11.3. The van der Waals surface area contributed by atoms with Crippen LogP contribution in [-0.2, 0) is 0 Å². The van der Waals surface area contributed by atoms with Crippen LogP contribution in [0.1, 0.15) is 18.5 Å². The Morgan fingerprint density at radius 3 is 2.50 bits per heavy atom. The van der Waals surface area contributed by atoms with Crippen molar-refractivity contribution in [3.05, 3.63) is 72.8 Å². The molecule has 4 heteroatoms. The summed E-state index contributed by atoms with van der Waals surface area (Å²) in [5.74, 6) is 0.834. The Bertz CT molecular complexity index is 661. The lowest BCUT2D eigenvalue weighted by atomic mass is 10.1. The van der Waals surface area contributed by atoms with E-state index in [4.69, 9.17) is 0 Å². The van der Waals surface area contributed by atoms with E-state index >= 15 is 0 Å². The second-order valence-electron chi connectivity index (χ2n) is 4.60. The summed E-state index contributed by atoms with van der Waals surface area (Å²) in [7, 11) is 0. The SMILES string of the molecule is CC(Nc1nccn1-c1ccccc1)c1ccncc1. The molecule has 1 atom stereocenters. The van der Waals surface area contributed by atoms with Crippen LogP contribution < -0.4 is 5.32 Å². The fraction of sp³-hybridized carbons (Fsp3) is 0.125. The molecule has 0 radical (unpaired) electrons. The van der Waals surface area contributed by atoms with Gasteiger partial charge in [-0.05, 0) is 36.8 Å². The smallest absolute Gasteiger partial charge is 0.207 e. The first-order valence-corrected chi connectivity index (χ1v) is 6.60. The lowest BCUT2D eigenvalue weighted by Gasteiger charge is -2.16. The van der Waals surface area contributed by atoms with Gasteiger partial charge >= 0.3 is 0 Å². The highest BCUT2D eigenvalue weighted by Gasteiger charge is 2.09. The molecule has 20 heavy (non-hydrogen) atoms.